The van der Waals surface area contributed by atoms with Crippen LogP contribution in [0.3, 0.4) is 0 Å². The van der Waals surface area contributed by atoms with Crippen LogP contribution in [-0.2, 0) is 12.8 Å². The Morgan fingerprint density at radius 1 is 1.27 bits per heavy atom. The Morgan fingerprint density at radius 3 is 2.53 bits per heavy atom. The van der Waals surface area contributed by atoms with Crippen LogP contribution >= 0.6 is 0 Å². The zero-order valence-corrected chi connectivity index (χ0v) is 9.84. The quantitative estimate of drug-likeness (QED) is 0.621. The van der Waals surface area contributed by atoms with Gasteiger partial charge in [-0.15, -0.1) is 6.58 Å². The average molecular weight is 200 g/mol. The topological polar surface area (TPSA) is 0 Å². The standard InChI is InChI=1S/C15H20/c1-5-8-13-11-10-12(4)14(7-3)15(13)9-6-2/h6-7,10-11H,2-3,5,8-9H2,1,4H3. The second kappa shape index (κ2) is 5.55. The molecule has 0 saturated carbocycles. The summed E-state index contributed by atoms with van der Waals surface area (Å²) in [5.41, 5.74) is 5.45. The Hall–Kier alpha value is -1.30. The van der Waals surface area contributed by atoms with E-state index >= 15 is 0 Å². The van der Waals surface area contributed by atoms with Crippen LogP contribution in [0.4, 0.5) is 0 Å². The third-order valence-corrected chi connectivity index (χ3v) is 2.74. The SMILES string of the molecule is C=CCc1c(CCC)ccc(C)c1C=C. The minimum Gasteiger partial charge on any atom is -0.103 e. The maximum absolute atomic E-state index is 3.90. The van der Waals surface area contributed by atoms with E-state index in [0.717, 1.165) is 12.8 Å². The third kappa shape index (κ3) is 2.59. The van der Waals surface area contributed by atoms with Gasteiger partial charge in [-0.25, -0.2) is 0 Å². The maximum Gasteiger partial charge on any atom is -0.00914 e. The van der Waals surface area contributed by atoms with Crippen LogP contribution in [0.1, 0.15) is 35.6 Å². The van der Waals surface area contributed by atoms with Gasteiger partial charge in [0.05, 0.1) is 0 Å². The molecule has 0 aliphatic heterocycles. The van der Waals surface area contributed by atoms with Gasteiger partial charge in [0.25, 0.3) is 0 Å². The van der Waals surface area contributed by atoms with Crippen molar-refractivity contribution in [1.82, 2.24) is 0 Å². The third-order valence-electron chi connectivity index (χ3n) is 2.74. The zero-order chi connectivity index (χ0) is 11.3. The van der Waals surface area contributed by atoms with Crippen molar-refractivity contribution >= 4 is 6.08 Å². The monoisotopic (exact) mass is 200 g/mol. The smallest absolute Gasteiger partial charge is 0.00914 e. The Kier molecular flexibility index (Phi) is 4.36. The van der Waals surface area contributed by atoms with Gasteiger partial charge in [-0.3, -0.25) is 0 Å². The molecule has 0 aliphatic carbocycles. The van der Waals surface area contributed by atoms with Gasteiger partial charge in [0.2, 0.25) is 0 Å². The molecular formula is C15H20. The molecule has 0 heteroatoms. The Morgan fingerprint density at radius 2 is 2.00 bits per heavy atom. The van der Waals surface area contributed by atoms with Crippen LogP contribution in [0, 0.1) is 6.92 Å². The summed E-state index contributed by atoms with van der Waals surface area (Å²) >= 11 is 0. The van der Waals surface area contributed by atoms with E-state index in [9.17, 15) is 0 Å². The maximum atomic E-state index is 3.90. The molecular weight excluding hydrogens is 180 g/mol. The average Bonchev–Trinajstić information content (AvgIpc) is 2.23. The second-order valence-corrected chi connectivity index (χ2v) is 3.88. The number of rotatable bonds is 5. The lowest BCUT2D eigenvalue weighted by atomic mass is 9.92. The molecule has 0 radical (unpaired) electrons. The predicted molar refractivity (Wildman–Crippen MR) is 69.2 cm³/mol. The molecule has 0 spiro atoms. The number of hydrogen-bond acceptors (Lipinski definition) is 0. The van der Waals surface area contributed by atoms with Crippen LogP contribution in [0.5, 0.6) is 0 Å². The summed E-state index contributed by atoms with van der Waals surface area (Å²) in [7, 11) is 0. The highest BCUT2D eigenvalue weighted by Crippen LogP contribution is 2.22. The molecule has 0 aliphatic rings. The largest absolute Gasteiger partial charge is 0.103 e. The molecule has 0 bridgehead atoms. The van der Waals surface area contributed by atoms with Gasteiger partial charge in [-0.1, -0.05) is 44.2 Å². The van der Waals surface area contributed by atoms with Crippen LogP contribution in [0.2, 0.25) is 0 Å². The van der Waals surface area contributed by atoms with Crippen molar-refractivity contribution in [3.05, 3.63) is 53.6 Å². The van der Waals surface area contributed by atoms with E-state index in [1.165, 1.54) is 28.7 Å². The highest BCUT2D eigenvalue weighted by Gasteiger charge is 2.06. The minimum atomic E-state index is 0.943. The van der Waals surface area contributed by atoms with Crippen molar-refractivity contribution < 1.29 is 0 Å². The molecule has 1 rings (SSSR count). The van der Waals surface area contributed by atoms with Crippen molar-refractivity contribution in [1.29, 1.82) is 0 Å². The van der Waals surface area contributed by atoms with Gasteiger partial charge < -0.3 is 0 Å². The zero-order valence-electron chi connectivity index (χ0n) is 9.84. The first-order valence-electron chi connectivity index (χ1n) is 5.59. The molecule has 0 atom stereocenters. The highest BCUT2D eigenvalue weighted by atomic mass is 14.1. The van der Waals surface area contributed by atoms with E-state index in [0.29, 0.717) is 0 Å². The van der Waals surface area contributed by atoms with Crippen molar-refractivity contribution in [3.63, 3.8) is 0 Å². The van der Waals surface area contributed by atoms with Crippen molar-refractivity contribution in [2.45, 2.75) is 33.1 Å². The summed E-state index contributed by atoms with van der Waals surface area (Å²) in [6, 6.07) is 4.43. The van der Waals surface area contributed by atoms with E-state index < -0.39 is 0 Å². The molecule has 0 N–H and O–H groups in total. The second-order valence-electron chi connectivity index (χ2n) is 3.88. The Bertz CT molecular complexity index is 359. The van der Waals surface area contributed by atoms with Gasteiger partial charge in [0, 0.05) is 0 Å². The first-order chi connectivity index (χ1) is 7.24. The molecule has 80 valence electrons. The van der Waals surface area contributed by atoms with Gasteiger partial charge in [-0.05, 0) is 42.0 Å². The summed E-state index contributed by atoms with van der Waals surface area (Å²) in [5, 5.41) is 0. The predicted octanol–water partition coefficient (Wildman–Crippen LogP) is 4.32. The van der Waals surface area contributed by atoms with Gasteiger partial charge >= 0.3 is 0 Å². The Balaban J connectivity index is 3.27. The van der Waals surface area contributed by atoms with Crippen molar-refractivity contribution in [2.75, 3.05) is 0 Å². The normalized spacial score (nSPS) is 10.0. The van der Waals surface area contributed by atoms with E-state index in [1.54, 1.807) is 0 Å². The number of aryl methyl sites for hydroxylation is 2. The van der Waals surface area contributed by atoms with Crippen molar-refractivity contribution in [3.8, 4) is 0 Å². The summed E-state index contributed by atoms with van der Waals surface area (Å²) in [4.78, 5) is 0. The number of allylic oxidation sites excluding steroid dienone is 1. The lowest BCUT2D eigenvalue weighted by Crippen LogP contribution is -1.98. The lowest BCUT2D eigenvalue weighted by Gasteiger charge is -2.13. The highest BCUT2D eigenvalue weighted by molar-refractivity contribution is 5.59. The molecule has 0 fully saturated rings. The van der Waals surface area contributed by atoms with Crippen LogP contribution in [0.25, 0.3) is 6.08 Å². The lowest BCUT2D eigenvalue weighted by molar-refractivity contribution is 0.904. The van der Waals surface area contributed by atoms with E-state index in [1.807, 2.05) is 12.2 Å². The first kappa shape index (κ1) is 11.8. The molecule has 1 aromatic carbocycles. The summed E-state index contributed by atoms with van der Waals surface area (Å²) in [6.07, 6.45) is 7.21. The number of benzene rings is 1. The van der Waals surface area contributed by atoms with Crippen molar-refractivity contribution in [2.24, 2.45) is 0 Å². The van der Waals surface area contributed by atoms with Gasteiger partial charge in [0.1, 0.15) is 0 Å². The fourth-order valence-corrected chi connectivity index (χ4v) is 2.00. The molecule has 0 saturated heterocycles. The molecule has 15 heavy (non-hydrogen) atoms. The van der Waals surface area contributed by atoms with Crippen LogP contribution in [-0.4, -0.2) is 0 Å². The molecule has 0 amide bonds. The fourth-order valence-electron chi connectivity index (χ4n) is 2.00. The van der Waals surface area contributed by atoms with Crippen LogP contribution < -0.4 is 0 Å². The van der Waals surface area contributed by atoms with E-state index in [2.05, 4.69) is 39.1 Å². The molecule has 0 aromatic heterocycles. The summed E-state index contributed by atoms with van der Waals surface area (Å²) in [5.74, 6) is 0. The molecule has 1 aromatic rings. The summed E-state index contributed by atoms with van der Waals surface area (Å²) < 4.78 is 0. The fraction of sp³-hybridized carbons (Fsp3) is 0.333. The van der Waals surface area contributed by atoms with E-state index in [4.69, 9.17) is 0 Å². The Labute approximate surface area is 93.3 Å². The molecule has 0 nitrogen and oxygen atoms in total. The minimum absolute atomic E-state index is 0.943. The molecule has 0 unspecified atom stereocenters. The van der Waals surface area contributed by atoms with Gasteiger partial charge in [-0.2, -0.15) is 0 Å². The number of hydrogen-bond donors (Lipinski definition) is 0. The summed E-state index contributed by atoms with van der Waals surface area (Å²) in [6.45, 7) is 12.1. The first-order valence-corrected chi connectivity index (χ1v) is 5.59. The van der Waals surface area contributed by atoms with Crippen LogP contribution in [0.15, 0.2) is 31.4 Å². The molecule has 0 heterocycles. The van der Waals surface area contributed by atoms with E-state index in [-0.39, 0.29) is 0 Å². The van der Waals surface area contributed by atoms with Gasteiger partial charge in [0.15, 0.2) is 0 Å².